The van der Waals surface area contributed by atoms with Gasteiger partial charge in [-0.15, -0.1) is 0 Å². The fourth-order valence-corrected chi connectivity index (χ4v) is 3.88. The Kier molecular flexibility index (Phi) is 4.86. The summed E-state index contributed by atoms with van der Waals surface area (Å²) in [4.78, 5) is 4.16. The molecular formula is C16H24Cl2N2. The molecule has 112 valence electrons. The van der Waals surface area contributed by atoms with Crippen molar-refractivity contribution < 1.29 is 0 Å². The summed E-state index contributed by atoms with van der Waals surface area (Å²) in [6, 6.07) is 2.33. The molecule has 2 unspecified atom stereocenters. The van der Waals surface area contributed by atoms with E-state index in [2.05, 4.69) is 31.1 Å². The third-order valence-corrected chi connectivity index (χ3v) is 4.82. The number of hydrogen-bond donors (Lipinski definition) is 1. The highest BCUT2D eigenvalue weighted by atomic mass is 35.5. The second-order valence-electron chi connectivity index (χ2n) is 6.94. The third-order valence-electron chi connectivity index (χ3n) is 4.35. The molecule has 1 N–H and O–H groups in total. The van der Waals surface area contributed by atoms with Crippen molar-refractivity contribution >= 4 is 28.9 Å². The van der Waals surface area contributed by atoms with Crippen LogP contribution in [0.25, 0.3) is 0 Å². The van der Waals surface area contributed by atoms with Crippen LogP contribution in [0.15, 0.2) is 6.07 Å². The second-order valence-corrected chi connectivity index (χ2v) is 7.68. The molecule has 1 aliphatic rings. The number of aromatic nitrogens is 1. The molecule has 2 nitrogen and oxygen atoms in total. The molecule has 1 fully saturated rings. The average molecular weight is 315 g/mol. The summed E-state index contributed by atoms with van der Waals surface area (Å²) < 4.78 is 0. The van der Waals surface area contributed by atoms with Gasteiger partial charge in [-0.2, -0.15) is 0 Å². The first-order valence-corrected chi connectivity index (χ1v) is 8.14. The van der Waals surface area contributed by atoms with Crippen LogP contribution in [0.5, 0.6) is 0 Å². The van der Waals surface area contributed by atoms with Gasteiger partial charge in [-0.05, 0) is 42.7 Å². The molecule has 1 aromatic heterocycles. The number of nitrogens with zero attached hydrogens (tertiary/aromatic N) is 1. The molecular weight excluding hydrogens is 291 g/mol. The number of aryl methyl sites for hydroxylation is 1. The predicted molar refractivity (Wildman–Crippen MR) is 87.8 cm³/mol. The Labute approximate surface area is 132 Å². The molecule has 1 saturated carbocycles. The molecule has 2 atom stereocenters. The molecule has 0 saturated heterocycles. The number of anilines is 1. The summed E-state index contributed by atoms with van der Waals surface area (Å²) in [6.45, 7) is 9.00. The molecule has 4 heteroatoms. The van der Waals surface area contributed by atoms with Crippen LogP contribution in [0, 0.1) is 18.3 Å². The van der Waals surface area contributed by atoms with Crippen molar-refractivity contribution in [3.63, 3.8) is 0 Å². The van der Waals surface area contributed by atoms with Gasteiger partial charge in [-0.3, -0.25) is 0 Å². The summed E-state index contributed by atoms with van der Waals surface area (Å²) >= 11 is 12.2. The molecule has 1 aliphatic carbocycles. The Morgan fingerprint density at radius 1 is 1.20 bits per heavy atom. The highest BCUT2D eigenvalue weighted by Gasteiger charge is 2.34. The van der Waals surface area contributed by atoms with E-state index in [1.165, 1.54) is 25.7 Å². The van der Waals surface area contributed by atoms with Gasteiger partial charge in [0.25, 0.3) is 0 Å². The van der Waals surface area contributed by atoms with Crippen LogP contribution in [0.2, 0.25) is 10.3 Å². The van der Waals surface area contributed by atoms with Crippen molar-refractivity contribution in [1.82, 2.24) is 4.98 Å². The minimum absolute atomic E-state index is 0.304. The zero-order valence-corrected chi connectivity index (χ0v) is 14.3. The van der Waals surface area contributed by atoms with E-state index in [0.29, 0.717) is 27.7 Å². The summed E-state index contributed by atoms with van der Waals surface area (Å²) in [5.74, 6) is 0.655. The first kappa shape index (κ1) is 15.9. The van der Waals surface area contributed by atoms with Gasteiger partial charge < -0.3 is 5.32 Å². The predicted octanol–water partition coefficient (Wildman–Crippen LogP) is 5.71. The molecule has 0 radical (unpaired) electrons. The number of pyridine rings is 1. The van der Waals surface area contributed by atoms with Crippen molar-refractivity contribution in [2.75, 3.05) is 5.32 Å². The quantitative estimate of drug-likeness (QED) is 0.707. The molecule has 1 aromatic rings. The molecule has 0 aromatic carbocycles. The van der Waals surface area contributed by atoms with Crippen molar-refractivity contribution in [1.29, 1.82) is 0 Å². The highest BCUT2D eigenvalue weighted by molar-refractivity contribution is 6.34. The maximum Gasteiger partial charge on any atom is 0.154 e. The lowest BCUT2D eigenvalue weighted by atomic mass is 9.69. The zero-order chi connectivity index (χ0) is 14.9. The van der Waals surface area contributed by atoms with E-state index < -0.39 is 0 Å². The van der Waals surface area contributed by atoms with Gasteiger partial charge >= 0.3 is 0 Å². The number of rotatable bonds is 2. The smallest absolute Gasteiger partial charge is 0.154 e. The Balaban J connectivity index is 2.23. The normalized spacial score (nSPS) is 23.7. The molecule has 0 bridgehead atoms. The fraction of sp³-hybridized carbons (Fsp3) is 0.688. The minimum Gasteiger partial charge on any atom is -0.379 e. The van der Waals surface area contributed by atoms with E-state index in [0.717, 1.165) is 11.3 Å². The number of halogens is 2. The van der Waals surface area contributed by atoms with Gasteiger partial charge in [-0.25, -0.2) is 4.98 Å². The maximum atomic E-state index is 6.26. The van der Waals surface area contributed by atoms with Crippen molar-refractivity contribution in [2.45, 2.75) is 59.4 Å². The van der Waals surface area contributed by atoms with Crippen LogP contribution in [-0.2, 0) is 0 Å². The second kappa shape index (κ2) is 6.11. The van der Waals surface area contributed by atoms with Gasteiger partial charge in [0.15, 0.2) is 5.15 Å². The Hall–Kier alpha value is -0.470. The van der Waals surface area contributed by atoms with Crippen LogP contribution in [0.1, 0.15) is 52.0 Å². The molecule has 20 heavy (non-hydrogen) atoms. The number of hydrogen-bond acceptors (Lipinski definition) is 2. The van der Waals surface area contributed by atoms with E-state index >= 15 is 0 Å². The topological polar surface area (TPSA) is 24.9 Å². The van der Waals surface area contributed by atoms with Crippen LogP contribution < -0.4 is 5.32 Å². The Morgan fingerprint density at radius 3 is 2.45 bits per heavy atom. The first-order valence-electron chi connectivity index (χ1n) is 7.38. The van der Waals surface area contributed by atoms with Gasteiger partial charge in [0.05, 0.1) is 5.69 Å². The maximum absolute atomic E-state index is 6.26. The number of nitrogens with one attached hydrogen (secondary N) is 1. The minimum atomic E-state index is 0.304. The third kappa shape index (κ3) is 3.59. The van der Waals surface area contributed by atoms with E-state index in [9.17, 15) is 0 Å². The summed E-state index contributed by atoms with van der Waals surface area (Å²) in [7, 11) is 0. The summed E-state index contributed by atoms with van der Waals surface area (Å²) in [6.07, 6.45) is 5.08. The van der Waals surface area contributed by atoms with E-state index in [4.69, 9.17) is 23.2 Å². The molecule has 0 amide bonds. The van der Waals surface area contributed by atoms with E-state index in [-0.39, 0.29) is 0 Å². The Bertz CT molecular complexity index is 457. The van der Waals surface area contributed by atoms with Crippen LogP contribution in [0.3, 0.4) is 0 Å². The van der Waals surface area contributed by atoms with E-state index in [1.807, 2.05) is 13.0 Å². The lowest BCUT2D eigenvalue weighted by Gasteiger charge is -2.41. The lowest BCUT2D eigenvalue weighted by Crippen LogP contribution is -2.40. The van der Waals surface area contributed by atoms with Gasteiger partial charge in [-0.1, -0.05) is 56.8 Å². The van der Waals surface area contributed by atoms with Crippen molar-refractivity contribution in [3.05, 3.63) is 21.9 Å². The fourth-order valence-electron chi connectivity index (χ4n) is 3.29. The van der Waals surface area contributed by atoms with Crippen LogP contribution in [-0.4, -0.2) is 11.0 Å². The molecule has 0 aliphatic heterocycles. The SMILES string of the molecule is Cc1cc(Cl)nc(Cl)c1NC1CCCCC1C(C)(C)C. The van der Waals surface area contributed by atoms with Crippen molar-refractivity contribution in [2.24, 2.45) is 11.3 Å². The largest absolute Gasteiger partial charge is 0.379 e. The monoisotopic (exact) mass is 314 g/mol. The molecule has 1 heterocycles. The van der Waals surface area contributed by atoms with Crippen molar-refractivity contribution in [3.8, 4) is 0 Å². The standard InChI is InChI=1S/C16H24Cl2N2/c1-10-9-13(17)20-15(18)14(10)19-12-8-6-5-7-11(12)16(2,3)4/h9,11-12,19H,5-8H2,1-4H3. The Morgan fingerprint density at radius 2 is 1.85 bits per heavy atom. The average Bonchev–Trinajstić information content (AvgIpc) is 2.33. The van der Waals surface area contributed by atoms with Gasteiger partial charge in [0.2, 0.25) is 0 Å². The lowest BCUT2D eigenvalue weighted by molar-refractivity contribution is 0.163. The highest BCUT2D eigenvalue weighted by Crippen LogP contribution is 2.40. The molecule has 0 spiro atoms. The summed E-state index contributed by atoms with van der Waals surface area (Å²) in [5, 5.41) is 4.58. The summed E-state index contributed by atoms with van der Waals surface area (Å²) in [5.41, 5.74) is 2.31. The van der Waals surface area contributed by atoms with Crippen LogP contribution >= 0.6 is 23.2 Å². The van der Waals surface area contributed by atoms with Gasteiger partial charge in [0, 0.05) is 6.04 Å². The van der Waals surface area contributed by atoms with Crippen LogP contribution in [0.4, 0.5) is 5.69 Å². The zero-order valence-electron chi connectivity index (χ0n) is 12.8. The molecule has 2 rings (SSSR count). The van der Waals surface area contributed by atoms with Gasteiger partial charge in [0.1, 0.15) is 5.15 Å². The first-order chi connectivity index (χ1) is 9.29. The van der Waals surface area contributed by atoms with E-state index in [1.54, 1.807) is 0 Å².